The summed E-state index contributed by atoms with van der Waals surface area (Å²) >= 11 is 1.51. The van der Waals surface area contributed by atoms with Crippen LogP contribution in [-0.2, 0) is 16.7 Å². The van der Waals surface area contributed by atoms with Crippen LogP contribution in [0.2, 0.25) is 0 Å². The molecule has 2 heterocycles. The molecule has 1 aromatic heterocycles. The van der Waals surface area contributed by atoms with Gasteiger partial charge in [0.25, 0.3) is 0 Å². The van der Waals surface area contributed by atoms with Crippen molar-refractivity contribution in [2.45, 2.75) is 38.8 Å². The molecule has 6 nitrogen and oxygen atoms in total. The van der Waals surface area contributed by atoms with E-state index in [1.54, 1.807) is 17.0 Å². The maximum absolute atomic E-state index is 13.2. The first-order chi connectivity index (χ1) is 12.3. The van der Waals surface area contributed by atoms with Gasteiger partial charge in [-0.3, -0.25) is 0 Å². The Balaban J connectivity index is 1.65. The van der Waals surface area contributed by atoms with E-state index in [-0.39, 0.29) is 23.3 Å². The summed E-state index contributed by atoms with van der Waals surface area (Å²) in [6.07, 6.45) is 0. The molecule has 0 radical (unpaired) electrons. The van der Waals surface area contributed by atoms with Crippen LogP contribution in [0.1, 0.15) is 42.4 Å². The number of rotatable bonds is 3. The Morgan fingerprint density at radius 2 is 2.08 bits per heavy atom. The molecule has 1 unspecified atom stereocenters. The van der Waals surface area contributed by atoms with Crippen LogP contribution in [0.3, 0.4) is 0 Å². The number of benzene rings is 1. The Kier molecular flexibility index (Phi) is 5.52. The van der Waals surface area contributed by atoms with Crippen molar-refractivity contribution in [3.05, 3.63) is 45.7 Å². The molecule has 140 valence electrons. The summed E-state index contributed by atoms with van der Waals surface area (Å²) in [6.45, 7) is 7.94. The second kappa shape index (κ2) is 7.67. The van der Waals surface area contributed by atoms with Crippen LogP contribution in [0.4, 0.5) is 9.18 Å². The fraction of sp³-hybridized carbons (Fsp3) is 0.500. The summed E-state index contributed by atoms with van der Waals surface area (Å²) in [5, 5.41) is 13.0. The molecule has 1 aromatic carbocycles. The number of urea groups is 1. The summed E-state index contributed by atoms with van der Waals surface area (Å²) in [7, 11) is 0. The third-order valence-corrected chi connectivity index (χ3v) is 5.49. The zero-order valence-electron chi connectivity index (χ0n) is 15.2. The van der Waals surface area contributed by atoms with Gasteiger partial charge in [0.2, 0.25) is 0 Å². The van der Waals surface area contributed by atoms with Crippen molar-refractivity contribution in [2.24, 2.45) is 0 Å². The molecule has 1 N–H and O–H groups in total. The van der Waals surface area contributed by atoms with Gasteiger partial charge in [-0.05, 0) is 17.7 Å². The van der Waals surface area contributed by atoms with Gasteiger partial charge in [-0.1, -0.05) is 44.2 Å². The molecule has 2 amide bonds. The van der Waals surface area contributed by atoms with Gasteiger partial charge in [-0.25, -0.2) is 9.18 Å². The highest BCUT2D eigenvalue weighted by Crippen LogP contribution is 2.26. The Morgan fingerprint density at radius 3 is 2.73 bits per heavy atom. The molecule has 1 saturated heterocycles. The molecule has 0 spiro atoms. The van der Waals surface area contributed by atoms with Gasteiger partial charge in [0.1, 0.15) is 15.8 Å². The first kappa shape index (κ1) is 18.7. The number of nitrogens with zero attached hydrogens (tertiary/aromatic N) is 3. The summed E-state index contributed by atoms with van der Waals surface area (Å²) in [5.74, 6) is -0.299. The van der Waals surface area contributed by atoms with Gasteiger partial charge in [0, 0.05) is 12.0 Å². The minimum Gasteiger partial charge on any atom is -0.377 e. The van der Waals surface area contributed by atoms with Gasteiger partial charge in [0.15, 0.2) is 0 Å². The zero-order valence-corrected chi connectivity index (χ0v) is 16.0. The van der Waals surface area contributed by atoms with Crippen LogP contribution < -0.4 is 5.32 Å². The Labute approximate surface area is 156 Å². The van der Waals surface area contributed by atoms with Crippen LogP contribution in [-0.4, -0.2) is 40.9 Å². The third kappa shape index (κ3) is 4.37. The highest BCUT2D eigenvalue weighted by Gasteiger charge is 2.29. The number of carbonyl (C=O) groups is 1. The van der Waals surface area contributed by atoms with Gasteiger partial charge in [-0.15, -0.1) is 10.2 Å². The highest BCUT2D eigenvalue weighted by molar-refractivity contribution is 7.11. The second-order valence-corrected chi connectivity index (χ2v) is 8.31. The number of carbonyl (C=O) groups excluding carboxylic acids is 1. The Morgan fingerprint density at radius 1 is 1.35 bits per heavy atom. The molecule has 0 bridgehead atoms. The van der Waals surface area contributed by atoms with E-state index in [0.717, 1.165) is 15.6 Å². The van der Waals surface area contributed by atoms with Crippen molar-refractivity contribution in [1.29, 1.82) is 0 Å². The fourth-order valence-corrected chi connectivity index (χ4v) is 3.53. The summed E-state index contributed by atoms with van der Waals surface area (Å²) in [5.41, 5.74) is 0.796. The van der Waals surface area contributed by atoms with Crippen LogP contribution in [0.25, 0.3) is 0 Å². The molecule has 3 rings (SSSR count). The normalized spacial score (nSPS) is 18.0. The maximum Gasteiger partial charge on any atom is 0.318 e. The second-order valence-electron chi connectivity index (χ2n) is 7.25. The van der Waals surface area contributed by atoms with Gasteiger partial charge < -0.3 is 15.0 Å². The number of aromatic nitrogens is 2. The first-order valence-electron chi connectivity index (χ1n) is 8.55. The molecule has 0 saturated carbocycles. The van der Waals surface area contributed by atoms with Crippen molar-refractivity contribution < 1.29 is 13.9 Å². The predicted molar refractivity (Wildman–Crippen MR) is 97.5 cm³/mol. The zero-order chi connectivity index (χ0) is 18.7. The molecule has 1 fully saturated rings. The topological polar surface area (TPSA) is 67.4 Å². The maximum atomic E-state index is 13.2. The monoisotopic (exact) mass is 378 g/mol. The minimum atomic E-state index is -0.299. The van der Waals surface area contributed by atoms with Crippen LogP contribution in [0.15, 0.2) is 24.3 Å². The molecule has 26 heavy (non-hydrogen) atoms. The number of ether oxygens (including phenoxy) is 1. The van der Waals surface area contributed by atoms with Crippen LogP contribution in [0, 0.1) is 5.82 Å². The lowest BCUT2D eigenvalue weighted by molar-refractivity contribution is 0.0115. The molecule has 1 aliphatic rings. The van der Waals surface area contributed by atoms with Crippen molar-refractivity contribution in [1.82, 2.24) is 20.4 Å². The van der Waals surface area contributed by atoms with E-state index in [1.165, 1.54) is 23.5 Å². The largest absolute Gasteiger partial charge is 0.377 e. The van der Waals surface area contributed by atoms with E-state index in [2.05, 4.69) is 36.3 Å². The van der Waals surface area contributed by atoms with Crippen molar-refractivity contribution >= 4 is 17.4 Å². The molecule has 0 aliphatic carbocycles. The average molecular weight is 378 g/mol. The number of amides is 2. The number of morpholine rings is 1. The molecule has 2 aromatic rings. The standard InChI is InChI=1S/C18H23FN4O2S/c1-18(2,3)16-22-21-15(26-16)10-20-17(24)23-8-9-25-11-14(23)12-4-6-13(19)7-5-12/h4-7,14H,8-11H2,1-3H3,(H,20,24). The lowest BCUT2D eigenvalue weighted by atomic mass is 9.98. The number of halogens is 1. The van der Waals surface area contributed by atoms with E-state index in [4.69, 9.17) is 4.74 Å². The fourth-order valence-electron chi connectivity index (χ4n) is 2.69. The summed E-state index contributed by atoms with van der Waals surface area (Å²) in [4.78, 5) is 14.4. The van der Waals surface area contributed by atoms with Gasteiger partial charge in [-0.2, -0.15) is 0 Å². The third-order valence-electron chi connectivity index (χ3n) is 4.14. The Bertz CT molecular complexity index is 757. The Hall–Kier alpha value is -2.06. The van der Waals surface area contributed by atoms with Crippen LogP contribution in [0.5, 0.6) is 0 Å². The molecule has 1 atom stereocenters. The summed E-state index contributed by atoms with van der Waals surface area (Å²) < 4.78 is 18.7. The number of hydrogen-bond acceptors (Lipinski definition) is 5. The first-order valence-corrected chi connectivity index (χ1v) is 9.37. The van der Waals surface area contributed by atoms with Gasteiger partial charge in [0.05, 0.1) is 25.8 Å². The lowest BCUT2D eigenvalue weighted by Crippen LogP contribution is -2.47. The quantitative estimate of drug-likeness (QED) is 0.890. The average Bonchev–Trinajstić information content (AvgIpc) is 3.10. The SMILES string of the molecule is CC(C)(C)c1nnc(CNC(=O)N2CCOCC2c2ccc(F)cc2)s1. The highest BCUT2D eigenvalue weighted by atomic mass is 32.1. The van der Waals surface area contributed by atoms with E-state index in [0.29, 0.717) is 26.3 Å². The number of hydrogen-bond donors (Lipinski definition) is 1. The van der Waals surface area contributed by atoms with E-state index in [9.17, 15) is 9.18 Å². The molecule has 8 heteroatoms. The predicted octanol–water partition coefficient (Wildman–Crippen LogP) is 3.26. The van der Waals surface area contributed by atoms with Crippen molar-refractivity contribution in [2.75, 3.05) is 19.8 Å². The summed E-state index contributed by atoms with van der Waals surface area (Å²) in [6, 6.07) is 5.76. The van der Waals surface area contributed by atoms with E-state index < -0.39 is 0 Å². The van der Waals surface area contributed by atoms with E-state index in [1.807, 2.05) is 0 Å². The molecular weight excluding hydrogens is 355 g/mol. The van der Waals surface area contributed by atoms with Crippen molar-refractivity contribution in [3.8, 4) is 0 Å². The molecular formula is C18H23FN4O2S. The molecule has 1 aliphatic heterocycles. The van der Waals surface area contributed by atoms with Crippen molar-refractivity contribution in [3.63, 3.8) is 0 Å². The smallest absolute Gasteiger partial charge is 0.318 e. The van der Waals surface area contributed by atoms with E-state index >= 15 is 0 Å². The van der Waals surface area contributed by atoms with Crippen LogP contribution >= 0.6 is 11.3 Å². The lowest BCUT2D eigenvalue weighted by Gasteiger charge is -2.35. The number of nitrogens with one attached hydrogen (secondary N) is 1. The minimum absolute atomic E-state index is 0.0577. The van der Waals surface area contributed by atoms with Gasteiger partial charge >= 0.3 is 6.03 Å².